The van der Waals surface area contributed by atoms with Gasteiger partial charge in [0.1, 0.15) is 17.3 Å². The lowest BCUT2D eigenvalue weighted by atomic mass is 10.2. The smallest absolute Gasteiger partial charge is 0.451 e. The second-order valence-electron chi connectivity index (χ2n) is 6.97. The van der Waals surface area contributed by atoms with Gasteiger partial charge in [0.25, 0.3) is 0 Å². The second kappa shape index (κ2) is 8.34. The van der Waals surface area contributed by atoms with E-state index in [0.29, 0.717) is 25.5 Å². The van der Waals surface area contributed by atoms with Gasteiger partial charge in [-0.25, -0.2) is 0 Å². The molecule has 3 aromatic rings. The first kappa shape index (κ1) is 20.8. The average Bonchev–Trinajstić information content (AvgIpc) is 3.30. The van der Waals surface area contributed by atoms with Crippen LogP contribution >= 0.6 is 11.3 Å². The molecule has 1 N–H and O–H groups in total. The van der Waals surface area contributed by atoms with Crippen molar-refractivity contribution in [3.63, 3.8) is 0 Å². The molecule has 162 valence electrons. The molecule has 0 amide bonds. The summed E-state index contributed by atoms with van der Waals surface area (Å²) in [5, 5.41) is 11.0. The van der Waals surface area contributed by atoms with Crippen molar-refractivity contribution in [3.8, 4) is 6.01 Å². The first-order valence-electron chi connectivity index (χ1n) is 9.72. The van der Waals surface area contributed by atoms with Crippen LogP contribution in [0.15, 0.2) is 6.07 Å². The van der Waals surface area contributed by atoms with Gasteiger partial charge >= 0.3 is 12.2 Å². The van der Waals surface area contributed by atoms with Gasteiger partial charge in [0.15, 0.2) is 5.82 Å². The number of alkyl halides is 3. The van der Waals surface area contributed by atoms with Crippen molar-refractivity contribution >= 4 is 27.4 Å². The number of nitrogens with zero attached hydrogens (tertiary/aromatic N) is 6. The molecule has 4 heterocycles. The third kappa shape index (κ3) is 4.06. The largest absolute Gasteiger partial charge is 0.462 e. The molecule has 12 heteroatoms. The Balaban J connectivity index is 1.69. The lowest BCUT2D eigenvalue weighted by molar-refractivity contribution is -0.147. The zero-order valence-electron chi connectivity index (χ0n) is 16.7. The molecule has 4 rings (SSSR count). The first-order chi connectivity index (χ1) is 14.4. The molecule has 0 atom stereocenters. The highest BCUT2D eigenvalue weighted by atomic mass is 32.1. The molecule has 30 heavy (non-hydrogen) atoms. The Hall–Kier alpha value is -2.47. The molecule has 0 unspecified atom stereocenters. The maximum Gasteiger partial charge on any atom is 0.451 e. The third-order valence-electron chi connectivity index (χ3n) is 4.79. The molecule has 0 radical (unpaired) electrons. The predicted molar refractivity (Wildman–Crippen MR) is 107 cm³/mol. The molecule has 0 bridgehead atoms. The number of aromatic nitrogens is 5. The van der Waals surface area contributed by atoms with Crippen LogP contribution in [0, 0.1) is 0 Å². The van der Waals surface area contributed by atoms with Gasteiger partial charge in [-0.05, 0) is 19.5 Å². The summed E-state index contributed by atoms with van der Waals surface area (Å²) in [6.45, 7) is 3.84. The van der Waals surface area contributed by atoms with E-state index in [-0.39, 0.29) is 24.9 Å². The summed E-state index contributed by atoms with van der Waals surface area (Å²) < 4.78 is 46.2. The normalized spacial score (nSPS) is 14.4. The quantitative estimate of drug-likeness (QED) is 0.565. The lowest BCUT2D eigenvalue weighted by Crippen LogP contribution is -2.36. The van der Waals surface area contributed by atoms with Crippen LogP contribution in [0.1, 0.15) is 29.9 Å². The molecule has 3 aromatic heterocycles. The number of hydrogen-bond donors (Lipinski definition) is 1. The molecule has 0 fully saturated rings. The number of thiophene rings is 1. The van der Waals surface area contributed by atoms with Crippen molar-refractivity contribution in [2.24, 2.45) is 0 Å². The Bertz CT molecular complexity index is 1030. The lowest BCUT2D eigenvalue weighted by Gasteiger charge is -2.29. The van der Waals surface area contributed by atoms with E-state index in [2.05, 4.69) is 38.5 Å². The Morgan fingerprint density at radius 3 is 2.80 bits per heavy atom. The number of rotatable bonds is 7. The zero-order valence-corrected chi connectivity index (χ0v) is 17.5. The number of nitrogens with one attached hydrogen (secondary N) is 1. The Morgan fingerprint density at radius 1 is 1.23 bits per heavy atom. The van der Waals surface area contributed by atoms with Crippen molar-refractivity contribution in [1.29, 1.82) is 0 Å². The van der Waals surface area contributed by atoms with Crippen LogP contribution in [0.25, 0.3) is 10.2 Å². The summed E-state index contributed by atoms with van der Waals surface area (Å²) in [6.07, 6.45) is -2.58. The van der Waals surface area contributed by atoms with Gasteiger partial charge in [-0.1, -0.05) is 13.3 Å². The van der Waals surface area contributed by atoms with Crippen molar-refractivity contribution in [2.75, 3.05) is 31.6 Å². The summed E-state index contributed by atoms with van der Waals surface area (Å²) in [5.74, 6) is -0.0373. The molecular weight excluding hydrogens is 419 g/mol. The van der Waals surface area contributed by atoms with Crippen LogP contribution in [0.2, 0.25) is 0 Å². The molecule has 0 aromatic carbocycles. The van der Waals surface area contributed by atoms with Crippen molar-refractivity contribution < 1.29 is 17.9 Å². The van der Waals surface area contributed by atoms with Crippen LogP contribution in [0.4, 0.5) is 19.0 Å². The van der Waals surface area contributed by atoms with E-state index in [0.717, 1.165) is 27.6 Å². The number of hydrogen-bond acceptors (Lipinski definition) is 8. The second-order valence-corrected chi connectivity index (χ2v) is 8.09. The van der Waals surface area contributed by atoms with E-state index >= 15 is 0 Å². The maximum absolute atomic E-state index is 13.1. The molecule has 0 spiro atoms. The molecule has 1 aliphatic heterocycles. The van der Waals surface area contributed by atoms with Gasteiger partial charge in [-0.2, -0.15) is 23.1 Å². The fraction of sp³-hybridized carbons (Fsp3) is 0.556. The van der Waals surface area contributed by atoms with Crippen LogP contribution in [-0.4, -0.2) is 51.5 Å². The summed E-state index contributed by atoms with van der Waals surface area (Å²) in [6, 6.07) is 2.33. The van der Waals surface area contributed by atoms with Crippen molar-refractivity contribution in [1.82, 2.24) is 30.0 Å². The molecule has 0 saturated carbocycles. The third-order valence-corrected chi connectivity index (χ3v) is 5.88. The van der Waals surface area contributed by atoms with E-state index in [4.69, 9.17) is 4.74 Å². The fourth-order valence-electron chi connectivity index (χ4n) is 3.41. The van der Waals surface area contributed by atoms with Crippen LogP contribution in [0.3, 0.4) is 0 Å². The maximum atomic E-state index is 13.1. The minimum Gasteiger partial charge on any atom is -0.462 e. The summed E-state index contributed by atoms with van der Waals surface area (Å²) in [5.41, 5.74) is 0. The number of fused-ring (bicyclic) bond motifs is 2. The van der Waals surface area contributed by atoms with Gasteiger partial charge in [0.05, 0.1) is 11.9 Å². The highest BCUT2D eigenvalue weighted by Gasteiger charge is 2.39. The van der Waals surface area contributed by atoms with Gasteiger partial charge in [0, 0.05) is 24.5 Å². The van der Waals surface area contributed by atoms with E-state index < -0.39 is 12.0 Å². The van der Waals surface area contributed by atoms with E-state index in [1.54, 1.807) is 11.3 Å². The molecule has 8 nitrogen and oxygen atoms in total. The van der Waals surface area contributed by atoms with Crippen LogP contribution in [0.5, 0.6) is 6.01 Å². The highest BCUT2D eigenvalue weighted by molar-refractivity contribution is 7.18. The van der Waals surface area contributed by atoms with Crippen molar-refractivity contribution in [3.05, 3.63) is 22.6 Å². The monoisotopic (exact) mass is 441 g/mol. The standard InChI is InChI=1S/C18H22F3N7OS/c1-3-4-11-9-12-14(23-17(24-15(12)30-11)29-8-5-22-2)27-6-7-28-13(10-27)25-26-16(28)18(19,20)21/h9,22H,3-8,10H2,1-2H3. The minimum atomic E-state index is -4.52. The number of likely N-dealkylation sites (N-methyl/N-ethyl adjacent to an activating group) is 1. The number of halogens is 3. The van der Waals surface area contributed by atoms with E-state index in [1.807, 2.05) is 11.9 Å². The number of ether oxygens (including phenoxy) is 1. The van der Waals surface area contributed by atoms with Gasteiger partial charge in [-0.15, -0.1) is 21.5 Å². The Morgan fingerprint density at radius 2 is 2.07 bits per heavy atom. The fourth-order valence-corrected chi connectivity index (χ4v) is 4.52. The Kier molecular flexibility index (Phi) is 5.78. The predicted octanol–water partition coefficient (Wildman–Crippen LogP) is 2.87. The first-order valence-corrected chi connectivity index (χ1v) is 10.5. The summed E-state index contributed by atoms with van der Waals surface area (Å²) in [4.78, 5) is 13.0. The average molecular weight is 441 g/mol. The molecular formula is C18H22F3N7OS. The highest BCUT2D eigenvalue weighted by Crippen LogP contribution is 2.35. The SMILES string of the molecule is CCCc1cc2c(N3CCn4c(nnc4C(F)(F)F)C3)nc(OCCNC)nc2s1. The van der Waals surface area contributed by atoms with Gasteiger partial charge in [-0.3, -0.25) is 0 Å². The molecule has 0 saturated heterocycles. The van der Waals surface area contributed by atoms with Crippen molar-refractivity contribution in [2.45, 2.75) is 39.0 Å². The minimum absolute atomic E-state index is 0.130. The summed E-state index contributed by atoms with van der Waals surface area (Å²) in [7, 11) is 1.83. The Labute approximate surface area is 175 Å². The zero-order chi connectivity index (χ0) is 21.3. The van der Waals surface area contributed by atoms with Gasteiger partial charge < -0.3 is 19.5 Å². The van der Waals surface area contributed by atoms with Gasteiger partial charge in [0.2, 0.25) is 5.82 Å². The van der Waals surface area contributed by atoms with E-state index in [9.17, 15) is 13.2 Å². The number of anilines is 1. The summed E-state index contributed by atoms with van der Waals surface area (Å²) >= 11 is 1.59. The molecule has 1 aliphatic rings. The van der Waals surface area contributed by atoms with Crippen LogP contribution < -0.4 is 15.0 Å². The van der Waals surface area contributed by atoms with Crippen LogP contribution in [-0.2, 0) is 25.7 Å². The number of aryl methyl sites for hydroxylation is 1. The topological polar surface area (TPSA) is 81.0 Å². The molecule has 0 aliphatic carbocycles. The van der Waals surface area contributed by atoms with E-state index in [1.165, 1.54) is 4.88 Å².